The van der Waals surface area contributed by atoms with Crippen LogP contribution < -0.4 is 5.73 Å². The summed E-state index contributed by atoms with van der Waals surface area (Å²) in [5.74, 6) is -0.0507. The van der Waals surface area contributed by atoms with E-state index in [9.17, 15) is 4.39 Å². The van der Waals surface area contributed by atoms with Gasteiger partial charge >= 0.3 is 0 Å². The fraction of sp³-hybridized carbons (Fsp3) is 0.500. The van der Waals surface area contributed by atoms with E-state index < -0.39 is 0 Å². The molecule has 0 bridgehead atoms. The van der Waals surface area contributed by atoms with E-state index in [4.69, 9.17) is 22.5 Å². The van der Waals surface area contributed by atoms with Gasteiger partial charge in [-0.2, -0.15) is 0 Å². The minimum Gasteiger partial charge on any atom is -0.409 e. The van der Waals surface area contributed by atoms with E-state index in [0.29, 0.717) is 11.6 Å². The summed E-state index contributed by atoms with van der Waals surface area (Å²) in [6.45, 7) is 5.82. The molecule has 2 rings (SSSR count). The van der Waals surface area contributed by atoms with Gasteiger partial charge in [0.05, 0.1) is 6.04 Å². The van der Waals surface area contributed by atoms with Crippen LogP contribution in [0, 0.1) is 5.82 Å². The predicted molar refractivity (Wildman–Crippen MR) is 81.1 cm³/mol. The predicted octanol–water partition coefficient (Wildman–Crippen LogP) is 1.73. The van der Waals surface area contributed by atoms with Crippen LogP contribution in [0.3, 0.4) is 0 Å². The van der Waals surface area contributed by atoms with Crippen molar-refractivity contribution in [3.63, 3.8) is 0 Å². The second kappa shape index (κ2) is 7.06. The first kappa shape index (κ1) is 16.0. The Hall–Kier alpha value is -1.37. The molecule has 0 aromatic heterocycles. The molecule has 1 aliphatic rings. The molecule has 1 unspecified atom stereocenters. The maximum atomic E-state index is 13.3. The van der Waals surface area contributed by atoms with Gasteiger partial charge < -0.3 is 10.9 Å². The van der Waals surface area contributed by atoms with Crippen LogP contribution in [0.15, 0.2) is 23.4 Å². The lowest BCUT2D eigenvalue weighted by molar-refractivity contribution is 0.116. The van der Waals surface area contributed by atoms with Crippen molar-refractivity contribution < 1.29 is 9.60 Å². The van der Waals surface area contributed by atoms with Crippen molar-refractivity contribution in [2.75, 3.05) is 26.2 Å². The van der Waals surface area contributed by atoms with Crippen LogP contribution in [0.2, 0.25) is 5.02 Å². The number of nitrogens with zero attached hydrogens (tertiary/aromatic N) is 3. The summed E-state index contributed by atoms with van der Waals surface area (Å²) in [5.41, 5.74) is 6.43. The lowest BCUT2D eigenvalue weighted by atomic mass is 10.1. The molecule has 0 amide bonds. The third kappa shape index (κ3) is 4.06. The SMILES string of the molecule is CC(/C(N)=N/O)N1CCN(Cc2cc(F)ccc2Cl)CC1. The first-order valence-corrected chi connectivity index (χ1v) is 7.27. The van der Waals surface area contributed by atoms with E-state index in [2.05, 4.69) is 15.0 Å². The summed E-state index contributed by atoms with van der Waals surface area (Å²) in [7, 11) is 0. The Morgan fingerprint density at radius 3 is 2.71 bits per heavy atom. The molecule has 3 N–H and O–H groups in total. The number of oxime groups is 1. The largest absolute Gasteiger partial charge is 0.409 e. The Balaban J connectivity index is 1.91. The highest BCUT2D eigenvalue weighted by atomic mass is 35.5. The Kier molecular flexibility index (Phi) is 5.39. The Labute approximate surface area is 128 Å². The van der Waals surface area contributed by atoms with Crippen LogP contribution >= 0.6 is 11.6 Å². The zero-order chi connectivity index (χ0) is 15.4. The summed E-state index contributed by atoms with van der Waals surface area (Å²) >= 11 is 6.09. The summed E-state index contributed by atoms with van der Waals surface area (Å²) in [6, 6.07) is 4.34. The molecule has 0 radical (unpaired) electrons. The van der Waals surface area contributed by atoms with Gasteiger partial charge in [-0.15, -0.1) is 0 Å². The fourth-order valence-corrected chi connectivity index (χ4v) is 2.66. The number of benzene rings is 1. The summed E-state index contributed by atoms with van der Waals surface area (Å²) < 4.78 is 13.3. The van der Waals surface area contributed by atoms with Crippen molar-refractivity contribution in [3.05, 3.63) is 34.6 Å². The molecule has 21 heavy (non-hydrogen) atoms. The van der Waals surface area contributed by atoms with Crippen molar-refractivity contribution in [2.45, 2.75) is 19.5 Å². The average molecular weight is 315 g/mol. The molecule has 1 fully saturated rings. The Morgan fingerprint density at radius 1 is 1.43 bits per heavy atom. The molecular formula is C14H20ClFN4O. The molecular weight excluding hydrogens is 295 g/mol. The van der Waals surface area contributed by atoms with E-state index in [0.717, 1.165) is 31.7 Å². The molecule has 5 nitrogen and oxygen atoms in total. The van der Waals surface area contributed by atoms with Gasteiger partial charge in [0, 0.05) is 37.7 Å². The standard InChI is InChI=1S/C14H20ClFN4O/c1-10(14(17)18-21)20-6-4-19(5-7-20)9-11-8-12(16)2-3-13(11)15/h2-3,8,10,21H,4-7,9H2,1H3,(H2,17,18). The fourth-order valence-electron chi connectivity index (χ4n) is 2.48. The van der Waals surface area contributed by atoms with Crippen LogP contribution in [-0.2, 0) is 6.54 Å². The quantitative estimate of drug-likeness (QED) is 0.384. The maximum Gasteiger partial charge on any atom is 0.156 e. The van der Waals surface area contributed by atoms with Gasteiger partial charge in [-0.25, -0.2) is 4.39 Å². The van der Waals surface area contributed by atoms with E-state index in [-0.39, 0.29) is 17.7 Å². The molecule has 1 aromatic carbocycles. The molecule has 1 saturated heterocycles. The van der Waals surface area contributed by atoms with Crippen LogP contribution in [0.1, 0.15) is 12.5 Å². The zero-order valence-electron chi connectivity index (χ0n) is 12.0. The summed E-state index contributed by atoms with van der Waals surface area (Å²) in [4.78, 5) is 4.37. The normalized spacial score (nSPS) is 19.7. The van der Waals surface area contributed by atoms with Crippen molar-refractivity contribution in [1.29, 1.82) is 0 Å². The number of piperazine rings is 1. The van der Waals surface area contributed by atoms with Crippen molar-refractivity contribution in [3.8, 4) is 0 Å². The minimum absolute atomic E-state index is 0.0880. The summed E-state index contributed by atoms with van der Waals surface area (Å²) in [5, 5.41) is 12.4. The van der Waals surface area contributed by atoms with Gasteiger partial charge in [0.1, 0.15) is 5.82 Å². The van der Waals surface area contributed by atoms with E-state index in [1.54, 1.807) is 6.07 Å². The maximum absolute atomic E-state index is 13.3. The smallest absolute Gasteiger partial charge is 0.156 e. The van der Waals surface area contributed by atoms with Gasteiger partial charge in [0.25, 0.3) is 0 Å². The number of halogens is 2. The molecule has 1 heterocycles. The second-order valence-corrected chi connectivity index (χ2v) is 5.66. The molecule has 1 aliphatic heterocycles. The van der Waals surface area contributed by atoms with Gasteiger partial charge in [-0.1, -0.05) is 16.8 Å². The Morgan fingerprint density at radius 2 is 2.10 bits per heavy atom. The van der Waals surface area contributed by atoms with Crippen molar-refractivity contribution >= 4 is 17.4 Å². The topological polar surface area (TPSA) is 65.1 Å². The van der Waals surface area contributed by atoms with Gasteiger partial charge in [0.2, 0.25) is 0 Å². The number of rotatable bonds is 4. The van der Waals surface area contributed by atoms with Crippen molar-refractivity contribution in [2.24, 2.45) is 10.9 Å². The molecule has 7 heteroatoms. The molecule has 1 atom stereocenters. The van der Waals surface area contributed by atoms with Crippen LogP contribution in [-0.4, -0.2) is 53.1 Å². The summed E-state index contributed by atoms with van der Waals surface area (Å²) in [6.07, 6.45) is 0. The lowest BCUT2D eigenvalue weighted by Gasteiger charge is -2.37. The first-order valence-electron chi connectivity index (χ1n) is 6.89. The van der Waals surface area contributed by atoms with Crippen LogP contribution in [0.5, 0.6) is 0 Å². The highest BCUT2D eigenvalue weighted by Gasteiger charge is 2.23. The lowest BCUT2D eigenvalue weighted by Crippen LogP contribution is -2.52. The second-order valence-electron chi connectivity index (χ2n) is 5.25. The van der Waals surface area contributed by atoms with Gasteiger partial charge in [-0.05, 0) is 30.7 Å². The first-order chi connectivity index (χ1) is 10.0. The van der Waals surface area contributed by atoms with Crippen LogP contribution in [0.25, 0.3) is 0 Å². The molecule has 1 aromatic rings. The van der Waals surface area contributed by atoms with Gasteiger partial charge in [-0.3, -0.25) is 9.80 Å². The molecule has 0 spiro atoms. The van der Waals surface area contributed by atoms with Gasteiger partial charge in [0.15, 0.2) is 5.84 Å². The van der Waals surface area contributed by atoms with Crippen molar-refractivity contribution in [1.82, 2.24) is 9.80 Å². The highest BCUT2D eigenvalue weighted by molar-refractivity contribution is 6.31. The molecule has 116 valence electrons. The van der Waals surface area contributed by atoms with E-state index in [1.807, 2.05) is 6.92 Å². The highest BCUT2D eigenvalue weighted by Crippen LogP contribution is 2.20. The molecule has 0 saturated carbocycles. The third-order valence-corrected chi connectivity index (χ3v) is 4.27. The zero-order valence-corrected chi connectivity index (χ0v) is 12.7. The minimum atomic E-state index is -0.270. The Bertz CT molecular complexity index is 518. The average Bonchev–Trinajstić information content (AvgIpc) is 2.50. The van der Waals surface area contributed by atoms with E-state index >= 15 is 0 Å². The van der Waals surface area contributed by atoms with Crippen LogP contribution in [0.4, 0.5) is 4.39 Å². The molecule has 0 aliphatic carbocycles. The number of nitrogens with two attached hydrogens (primary N) is 1. The number of hydrogen-bond donors (Lipinski definition) is 2. The monoisotopic (exact) mass is 314 g/mol. The third-order valence-electron chi connectivity index (χ3n) is 3.90. The number of hydrogen-bond acceptors (Lipinski definition) is 4. The number of amidine groups is 1. The van der Waals surface area contributed by atoms with E-state index in [1.165, 1.54) is 12.1 Å².